The van der Waals surface area contributed by atoms with E-state index in [0.717, 1.165) is 26.1 Å². The van der Waals surface area contributed by atoms with Crippen LogP contribution in [0.4, 0.5) is 5.69 Å². The fourth-order valence-corrected chi connectivity index (χ4v) is 2.62. The van der Waals surface area contributed by atoms with Gasteiger partial charge in [0.2, 0.25) is 0 Å². The second-order valence-electron chi connectivity index (χ2n) is 6.52. The van der Waals surface area contributed by atoms with E-state index in [1.54, 1.807) is 0 Å². The summed E-state index contributed by atoms with van der Waals surface area (Å²) in [6.45, 7) is 11.9. The molecule has 1 fully saturated rings. The van der Waals surface area contributed by atoms with Crippen molar-refractivity contribution in [1.29, 1.82) is 0 Å². The van der Waals surface area contributed by atoms with Gasteiger partial charge in [-0.25, -0.2) is 0 Å². The molecule has 1 aliphatic rings. The fraction of sp³-hybridized carbons (Fsp3) is 0.647. The molecule has 0 amide bonds. The summed E-state index contributed by atoms with van der Waals surface area (Å²) in [6.07, 6.45) is 2.76. The summed E-state index contributed by atoms with van der Waals surface area (Å²) < 4.78 is 5.81. The van der Waals surface area contributed by atoms with Crippen molar-refractivity contribution in [1.82, 2.24) is 0 Å². The lowest BCUT2D eigenvalue weighted by Crippen LogP contribution is -2.42. The van der Waals surface area contributed by atoms with E-state index >= 15 is 0 Å². The van der Waals surface area contributed by atoms with E-state index in [4.69, 9.17) is 4.74 Å². The Morgan fingerprint density at radius 3 is 2.47 bits per heavy atom. The van der Waals surface area contributed by atoms with Gasteiger partial charge in [-0.2, -0.15) is 0 Å². The van der Waals surface area contributed by atoms with Gasteiger partial charge in [0.25, 0.3) is 0 Å². The Bertz CT molecular complexity index is 389. The molecule has 1 aliphatic heterocycles. The Hall–Kier alpha value is -1.02. The molecule has 0 N–H and O–H groups in total. The van der Waals surface area contributed by atoms with Gasteiger partial charge in [-0.05, 0) is 29.5 Å². The molecule has 1 unspecified atom stereocenters. The Kier molecular flexibility index (Phi) is 4.51. The topological polar surface area (TPSA) is 12.5 Å². The Labute approximate surface area is 117 Å². The van der Waals surface area contributed by atoms with Crippen molar-refractivity contribution in [3.8, 4) is 0 Å². The first-order chi connectivity index (χ1) is 9.00. The minimum Gasteiger partial charge on any atom is -0.375 e. The molecule has 1 aromatic rings. The number of morpholine rings is 1. The molecule has 2 rings (SSSR count). The van der Waals surface area contributed by atoms with Gasteiger partial charge in [-0.3, -0.25) is 0 Å². The summed E-state index contributed by atoms with van der Waals surface area (Å²) in [4.78, 5) is 2.45. The highest BCUT2D eigenvalue weighted by atomic mass is 16.5. The number of hydrogen-bond donors (Lipinski definition) is 0. The normalized spacial score (nSPS) is 20.6. The van der Waals surface area contributed by atoms with Crippen LogP contribution in [0.15, 0.2) is 24.3 Å². The molecular weight excluding hydrogens is 234 g/mol. The highest BCUT2D eigenvalue weighted by Gasteiger charge is 2.20. The first kappa shape index (κ1) is 14.4. The van der Waals surface area contributed by atoms with Crippen LogP contribution in [0.1, 0.15) is 46.1 Å². The lowest BCUT2D eigenvalue weighted by molar-refractivity contribution is 0.0348. The first-order valence-corrected chi connectivity index (χ1v) is 7.48. The molecule has 0 aromatic heterocycles. The Morgan fingerprint density at radius 1 is 1.21 bits per heavy atom. The van der Waals surface area contributed by atoms with Gasteiger partial charge in [0.05, 0.1) is 12.7 Å². The maximum atomic E-state index is 5.81. The fourth-order valence-electron chi connectivity index (χ4n) is 2.62. The van der Waals surface area contributed by atoms with Crippen molar-refractivity contribution in [2.75, 3.05) is 24.6 Å². The molecule has 19 heavy (non-hydrogen) atoms. The van der Waals surface area contributed by atoms with Crippen LogP contribution in [-0.4, -0.2) is 25.8 Å². The van der Waals surface area contributed by atoms with Gasteiger partial charge in [-0.15, -0.1) is 0 Å². The number of nitrogens with zero attached hydrogens (tertiary/aromatic N) is 1. The van der Waals surface area contributed by atoms with E-state index in [2.05, 4.69) is 56.9 Å². The maximum Gasteiger partial charge on any atom is 0.0750 e. The Morgan fingerprint density at radius 2 is 1.89 bits per heavy atom. The second kappa shape index (κ2) is 5.96. The van der Waals surface area contributed by atoms with Gasteiger partial charge >= 0.3 is 0 Å². The molecule has 0 radical (unpaired) electrons. The van der Waals surface area contributed by atoms with Gasteiger partial charge < -0.3 is 9.64 Å². The van der Waals surface area contributed by atoms with E-state index in [1.165, 1.54) is 17.7 Å². The minimum absolute atomic E-state index is 0.230. The number of rotatable bonds is 3. The standard InChI is InChI=1S/C17H27NO/c1-5-6-16-13-18(11-12-19-16)15-9-7-14(8-10-15)17(2,3)4/h7-10,16H,5-6,11-13H2,1-4H3. The second-order valence-corrected chi connectivity index (χ2v) is 6.52. The van der Waals surface area contributed by atoms with Gasteiger partial charge in [0.1, 0.15) is 0 Å². The summed E-state index contributed by atoms with van der Waals surface area (Å²) in [6, 6.07) is 9.04. The van der Waals surface area contributed by atoms with E-state index in [0.29, 0.717) is 6.10 Å². The highest BCUT2D eigenvalue weighted by molar-refractivity contribution is 5.49. The van der Waals surface area contributed by atoms with Crippen LogP contribution in [0.25, 0.3) is 0 Å². The first-order valence-electron chi connectivity index (χ1n) is 7.48. The van der Waals surface area contributed by atoms with Crippen molar-refractivity contribution < 1.29 is 4.74 Å². The van der Waals surface area contributed by atoms with Crippen LogP contribution in [0, 0.1) is 0 Å². The predicted molar refractivity (Wildman–Crippen MR) is 82.0 cm³/mol. The molecule has 2 heteroatoms. The van der Waals surface area contributed by atoms with Crippen molar-refractivity contribution >= 4 is 5.69 Å². The average molecular weight is 261 g/mol. The zero-order valence-corrected chi connectivity index (χ0v) is 12.8. The summed E-state index contributed by atoms with van der Waals surface area (Å²) in [5, 5.41) is 0. The third-order valence-electron chi connectivity index (χ3n) is 3.85. The summed E-state index contributed by atoms with van der Waals surface area (Å²) in [7, 11) is 0. The molecule has 0 saturated carbocycles. The summed E-state index contributed by atoms with van der Waals surface area (Å²) in [5.41, 5.74) is 2.96. The van der Waals surface area contributed by atoms with Crippen molar-refractivity contribution in [2.24, 2.45) is 0 Å². The van der Waals surface area contributed by atoms with Crippen LogP contribution in [-0.2, 0) is 10.2 Å². The van der Waals surface area contributed by atoms with Crippen molar-refractivity contribution in [3.63, 3.8) is 0 Å². The molecule has 0 bridgehead atoms. The van der Waals surface area contributed by atoms with Crippen LogP contribution in [0.3, 0.4) is 0 Å². The molecule has 0 aliphatic carbocycles. The van der Waals surface area contributed by atoms with E-state index < -0.39 is 0 Å². The Balaban J connectivity index is 2.05. The number of anilines is 1. The van der Waals surface area contributed by atoms with Crippen molar-refractivity contribution in [3.05, 3.63) is 29.8 Å². The number of ether oxygens (including phenoxy) is 1. The molecular formula is C17H27NO. The van der Waals surface area contributed by atoms with Gasteiger partial charge in [-0.1, -0.05) is 46.2 Å². The molecule has 1 aromatic carbocycles. The predicted octanol–water partition coefficient (Wildman–Crippen LogP) is 3.99. The van der Waals surface area contributed by atoms with E-state index in [1.807, 2.05) is 0 Å². The summed E-state index contributed by atoms with van der Waals surface area (Å²) in [5.74, 6) is 0. The summed E-state index contributed by atoms with van der Waals surface area (Å²) >= 11 is 0. The van der Waals surface area contributed by atoms with Crippen molar-refractivity contribution in [2.45, 2.75) is 52.1 Å². The van der Waals surface area contributed by atoms with E-state index in [-0.39, 0.29) is 5.41 Å². The molecule has 2 nitrogen and oxygen atoms in total. The smallest absolute Gasteiger partial charge is 0.0750 e. The van der Waals surface area contributed by atoms with E-state index in [9.17, 15) is 0 Å². The largest absolute Gasteiger partial charge is 0.375 e. The molecule has 1 heterocycles. The molecule has 1 atom stereocenters. The minimum atomic E-state index is 0.230. The molecule has 0 spiro atoms. The van der Waals surface area contributed by atoms with Crippen LogP contribution in [0.2, 0.25) is 0 Å². The van der Waals surface area contributed by atoms with Gasteiger partial charge in [0.15, 0.2) is 0 Å². The molecule has 1 saturated heterocycles. The molecule has 106 valence electrons. The third-order valence-corrected chi connectivity index (χ3v) is 3.85. The highest BCUT2D eigenvalue weighted by Crippen LogP contribution is 2.26. The quantitative estimate of drug-likeness (QED) is 0.815. The maximum absolute atomic E-state index is 5.81. The SMILES string of the molecule is CCCC1CN(c2ccc(C(C)(C)C)cc2)CCO1. The lowest BCUT2D eigenvalue weighted by Gasteiger charge is -2.35. The zero-order valence-electron chi connectivity index (χ0n) is 12.8. The zero-order chi connectivity index (χ0) is 13.9. The van der Waals surface area contributed by atoms with Gasteiger partial charge in [0, 0.05) is 18.8 Å². The third kappa shape index (κ3) is 3.73. The lowest BCUT2D eigenvalue weighted by atomic mass is 9.87. The average Bonchev–Trinajstić information content (AvgIpc) is 2.39. The van der Waals surface area contributed by atoms with Crippen LogP contribution >= 0.6 is 0 Å². The van der Waals surface area contributed by atoms with Crippen LogP contribution < -0.4 is 4.90 Å². The monoisotopic (exact) mass is 261 g/mol. The number of benzene rings is 1. The van der Waals surface area contributed by atoms with Crippen LogP contribution in [0.5, 0.6) is 0 Å². The number of hydrogen-bond acceptors (Lipinski definition) is 2.